The maximum Gasteiger partial charge on any atom is 0.262 e. The Balaban J connectivity index is 1.29. The zero-order valence-electron chi connectivity index (χ0n) is 35.2. The summed E-state index contributed by atoms with van der Waals surface area (Å²) >= 11 is 0. The third-order valence-corrected chi connectivity index (χ3v) is 13.5. The standard InChI is InChI=1S/C49H46N2O15/c1-64-35-22-29(48(62)46(23-27-12-4-2-5-13-27,40(56)38(54)36(25-52)65-48)50-42(58)30-16-8-9-17-31(30)43(50)59)20-21-34(35)49(63)47(24-28-14-6-3-7-15-28,41(57)39(55)37(26-53)66-49)51-44(60)32-18-10-11-19-33(32)45(51)61/h2-22,36-41,52-57,62-63H,23-26H2,1H3/t36-,37-,38-,39-,40+,41+,46+,47+,48-,49-/m1/s1. The average Bonchev–Trinajstić information content (AvgIpc) is 3.75. The fourth-order valence-electron chi connectivity index (χ4n) is 10.3. The Kier molecular flexibility index (Phi) is 11.3. The molecule has 5 aromatic carbocycles. The third-order valence-electron chi connectivity index (χ3n) is 13.5. The van der Waals surface area contributed by atoms with Crippen LogP contribution < -0.4 is 4.74 Å². The molecule has 0 aromatic heterocycles. The van der Waals surface area contributed by atoms with Gasteiger partial charge in [0, 0.05) is 18.4 Å². The molecule has 0 radical (unpaired) electrons. The molecule has 66 heavy (non-hydrogen) atoms. The summed E-state index contributed by atoms with van der Waals surface area (Å²) < 4.78 is 18.4. The molecule has 342 valence electrons. The van der Waals surface area contributed by atoms with Gasteiger partial charge in [-0.3, -0.25) is 29.0 Å². The normalized spacial score (nSPS) is 31.8. The molecule has 4 amide bonds. The second-order valence-corrected chi connectivity index (χ2v) is 16.9. The highest BCUT2D eigenvalue weighted by Crippen LogP contribution is 2.56. The van der Waals surface area contributed by atoms with Crippen molar-refractivity contribution in [2.75, 3.05) is 20.3 Å². The van der Waals surface area contributed by atoms with E-state index in [0.29, 0.717) is 20.9 Å². The van der Waals surface area contributed by atoms with Gasteiger partial charge >= 0.3 is 0 Å². The number of hydrogen-bond donors (Lipinski definition) is 8. The number of ether oxygens (including phenoxy) is 3. The number of nitrogens with zero attached hydrogens (tertiary/aromatic N) is 2. The van der Waals surface area contributed by atoms with Crippen molar-refractivity contribution in [3.63, 3.8) is 0 Å². The summed E-state index contributed by atoms with van der Waals surface area (Å²) in [6, 6.07) is 31.3. The van der Waals surface area contributed by atoms with Crippen molar-refractivity contribution in [2.45, 2.75) is 72.1 Å². The molecule has 0 unspecified atom stereocenters. The largest absolute Gasteiger partial charge is 0.496 e. The van der Waals surface area contributed by atoms with Gasteiger partial charge in [-0.1, -0.05) is 91.0 Å². The van der Waals surface area contributed by atoms with Gasteiger partial charge in [-0.2, -0.15) is 0 Å². The Morgan fingerprint density at radius 2 is 0.894 bits per heavy atom. The zero-order chi connectivity index (χ0) is 46.9. The van der Waals surface area contributed by atoms with Crippen LogP contribution in [0.4, 0.5) is 0 Å². The summed E-state index contributed by atoms with van der Waals surface area (Å²) in [5, 5.41) is 96.2. The van der Waals surface area contributed by atoms with Crippen LogP contribution in [-0.2, 0) is 33.9 Å². The lowest BCUT2D eigenvalue weighted by molar-refractivity contribution is -0.370. The molecule has 8 N–H and O–H groups in total. The van der Waals surface area contributed by atoms with Crippen LogP contribution in [0.3, 0.4) is 0 Å². The van der Waals surface area contributed by atoms with Gasteiger partial charge in [0.05, 0.1) is 48.1 Å². The summed E-state index contributed by atoms with van der Waals surface area (Å²) in [5.74, 6) is -10.4. The molecule has 17 nitrogen and oxygen atoms in total. The number of rotatable bonds is 11. The monoisotopic (exact) mass is 902 g/mol. The van der Waals surface area contributed by atoms with Crippen LogP contribution in [0.2, 0.25) is 0 Å². The Bertz CT molecular complexity index is 2650. The van der Waals surface area contributed by atoms with Gasteiger partial charge in [0.15, 0.2) is 0 Å². The average molecular weight is 903 g/mol. The topological polar surface area (TPSA) is 264 Å². The molecule has 2 saturated heterocycles. The number of carbonyl (C=O) groups excluding carboxylic acids is 4. The van der Waals surface area contributed by atoms with E-state index in [9.17, 15) is 60.0 Å². The van der Waals surface area contributed by atoms with Gasteiger partial charge in [0.1, 0.15) is 53.5 Å². The molecule has 0 spiro atoms. The van der Waals surface area contributed by atoms with E-state index >= 15 is 0 Å². The summed E-state index contributed by atoms with van der Waals surface area (Å²) in [6.07, 6.45) is -13.1. The van der Waals surface area contributed by atoms with E-state index < -0.39 is 120 Å². The van der Waals surface area contributed by atoms with Crippen LogP contribution in [-0.4, -0.2) is 142 Å². The van der Waals surface area contributed by atoms with Gasteiger partial charge in [0.2, 0.25) is 11.6 Å². The Morgan fingerprint density at radius 1 is 0.530 bits per heavy atom. The summed E-state index contributed by atoms with van der Waals surface area (Å²) in [7, 11) is 1.15. The first-order chi connectivity index (χ1) is 31.6. The molecule has 0 bridgehead atoms. The first-order valence-corrected chi connectivity index (χ1v) is 21.1. The summed E-state index contributed by atoms with van der Waals surface area (Å²) in [6.45, 7) is -1.96. The second-order valence-electron chi connectivity index (χ2n) is 16.9. The van der Waals surface area contributed by atoms with Crippen molar-refractivity contribution in [1.29, 1.82) is 0 Å². The lowest BCUT2D eigenvalue weighted by Crippen LogP contribution is -2.79. The van der Waals surface area contributed by atoms with Gasteiger partial charge in [-0.15, -0.1) is 0 Å². The van der Waals surface area contributed by atoms with Crippen molar-refractivity contribution in [2.24, 2.45) is 0 Å². The number of amides is 4. The quantitative estimate of drug-likeness (QED) is 0.0852. The second kappa shape index (κ2) is 16.6. The highest BCUT2D eigenvalue weighted by atomic mass is 16.7. The maximum absolute atomic E-state index is 14.6. The SMILES string of the molecule is COc1cc([C@@]2(O)O[C@H](CO)[C@@H](O)[C@H](O)[C@]2(Cc2ccccc2)N2C(=O)c3ccccc3C2=O)ccc1[C@@]1(O)O[C@H](CO)[C@@H](O)[C@H](O)[C@]1(Cc1ccccc1)N1C(=O)c2ccccc2C1=O. The number of benzene rings is 5. The van der Waals surface area contributed by atoms with Crippen molar-refractivity contribution in [3.05, 3.63) is 172 Å². The number of carbonyl (C=O) groups is 4. The van der Waals surface area contributed by atoms with E-state index in [4.69, 9.17) is 14.2 Å². The molecule has 4 aliphatic rings. The highest BCUT2D eigenvalue weighted by Gasteiger charge is 2.73. The van der Waals surface area contributed by atoms with Crippen molar-refractivity contribution < 1.29 is 74.2 Å². The molecule has 5 aromatic rings. The molecule has 0 saturated carbocycles. The van der Waals surface area contributed by atoms with Crippen molar-refractivity contribution in [3.8, 4) is 5.75 Å². The van der Waals surface area contributed by atoms with E-state index in [1.165, 1.54) is 48.5 Å². The van der Waals surface area contributed by atoms with Crippen molar-refractivity contribution in [1.82, 2.24) is 9.80 Å². The summed E-state index contributed by atoms with van der Waals surface area (Å²) in [5.41, 5.74) is -5.76. The first-order valence-electron chi connectivity index (χ1n) is 21.1. The van der Waals surface area contributed by atoms with Gasteiger partial charge < -0.3 is 55.1 Å². The fraction of sp³-hybridized carbons (Fsp3) is 0.306. The smallest absolute Gasteiger partial charge is 0.262 e. The fourth-order valence-corrected chi connectivity index (χ4v) is 10.3. The van der Waals surface area contributed by atoms with Crippen LogP contribution in [0, 0.1) is 0 Å². The van der Waals surface area contributed by atoms with Crippen LogP contribution in [0.15, 0.2) is 127 Å². The van der Waals surface area contributed by atoms with Gasteiger partial charge in [-0.25, -0.2) is 0 Å². The van der Waals surface area contributed by atoms with Crippen LogP contribution >= 0.6 is 0 Å². The van der Waals surface area contributed by atoms with Crippen molar-refractivity contribution >= 4 is 23.6 Å². The number of aliphatic hydroxyl groups is 8. The van der Waals surface area contributed by atoms with Crippen LogP contribution in [0.1, 0.15) is 63.7 Å². The molecule has 9 rings (SSSR count). The zero-order valence-corrected chi connectivity index (χ0v) is 35.2. The molecule has 17 heteroatoms. The van der Waals surface area contributed by atoms with Crippen LogP contribution in [0.5, 0.6) is 5.75 Å². The molecular weight excluding hydrogens is 857 g/mol. The number of imide groups is 2. The first kappa shape index (κ1) is 45.0. The highest BCUT2D eigenvalue weighted by molar-refractivity contribution is 6.23. The molecule has 10 atom stereocenters. The molecule has 4 aliphatic heterocycles. The van der Waals surface area contributed by atoms with E-state index in [-0.39, 0.29) is 27.8 Å². The van der Waals surface area contributed by atoms with E-state index in [2.05, 4.69) is 0 Å². The third kappa shape index (κ3) is 6.24. The predicted octanol–water partition coefficient (Wildman–Crippen LogP) is 0.767. The lowest BCUT2D eigenvalue weighted by Gasteiger charge is -2.59. The number of hydrogen-bond acceptors (Lipinski definition) is 15. The Morgan fingerprint density at radius 3 is 1.27 bits per heavy atom. The number of methoxy groups -OCH3 is 1. The molecular formula is C49H46N2O15. The maximum atomic E-state index is 14.6. The summed E-state index contributed by atoms with van der Waals surface area (Å²) in [4.78, 5) is 59.5. The van der Waals surface area contributed by atoms with E-state index in [1.54, 1.807) is 60.7 Å². The van der Waals surface area contributed by atoms with E-state index in [0.717, 1.165) is 25.3 Å². The Hall–Kier alpha value is -6.22. The minimum Gasteiger partial charge on any atom is -0.496 e. The lowest BCUT2D eigenvalue weighted by atomic mass is 9.67. The number of aliphatic hydroxyl groups excluding tert-OH is 6. The minimum atomic E-state index is -3.12. The number of fused-ring (bicyclic) bond motifs is 2. The molecule has 4 heterocycles. The van der Waals surface area contributed by atoms with Gasteiger partial charge in [-0.05, 0) is 47.5 Å². The predicted molar refractivity (Wildman–Crippen MR) is 228 cm³/mol. The Labute approximate surface area is 376 Å². The van der Waals surface area contributed by atoms with Crippen LogP contribution in [0.25, 0.3) is 0 Å². The minimum absolute atomic E-state index is 0.0741. The molecule has 2 fully saturated rings. The van der Waals surface area contributed by atoms with E-state index in [1.807, 2.05) is 0 Å². The van der Waals surface area contributed by atoms with Gasteiger partial charge in [0.25, 0.3) is 23.6 Å². The molecule has 0 aliphatic carbocycles.